The van der Waals surface area contributed by atoms with Gasteiger partial charge in [-0.2, -0.15) is 0 Å². The summed E-state index contributed by atoms with van der Waals surface area (Å²) in [5.74, 6) is 0.206. The molecule has 0 bridgehead atoms. The molecule has 13 heteroatoms. The molecule has 0 unspecified atom stereocenters. The Morgan fingerprint density at radius 3 is 2.50 bits per heavy atom. The maximum atomic E-state index is 12.3. The minimum Gasteiger partial charge on any atom is -0.352 e. The number of benzene rings is 2. The Balaban J connectivity index is 1.51. The molecule has 2 amide bonds. The third kappa shape index (κ3) is 6.69. The van der Waals surface area contributed by atoms with Crippen LogP contribution in [-0.4, -0.2) is 43.8 Å². The Bertz CT molecular complexity index is 1200. The number of carbonyl (C=O) groups is 2. The van der Waals surface area contributed by atoms with E-state index in [1.54, 1.807) is 12.1 Å². The van der Waals surface area contributed by atoms with Gasteiger partial charge in [0.05, 0.1) is 20.7 Å². The van der Waals surface area contributed by atoms with Crippen LogP contribution in [0, 0.1) is 10.1 Å². The van der Waals surface area contributed by atoms with E-state index in [9.17, 15) is 19.7 Å². The fourth-order valence-electron chi connectivity index (χ4n) is 2.95. The number of nitrogens with one attached hydrogen (secondary N) is 2. The van der Waals surface area contributed by atoms with Crippen molar-refractivity contribution in [1.82, 2.24) is 20.1 Å². The normalized spacial score (nSPS) is 10.7. The maximum absolute atomic E-state index is 12.3. The molecule has 0 spiro atoms. The zero-order chi connectivity index (χ0) is 24.7. The van der Waals surface area contributed by atoms with Crippen molar-refractivity contribution in [3.63, 3.8) is 0 Å². The van der Waals surface area contributed by atoms with Gasteiger partial charge in [0.15, 0.2) is 5.16 Å². The first-order valence-electron chi connectivity index (χ1n) is 10.1. The second-order valence-electron chi connectivity index (χ2n) is 6.92. The van der Waals surface area contributed by atoms with Gasteiger partial charge in [0.2, 0.25) is 5.91 Å². The van der Waals surface area contributed by atoms with E-state index in [1.165, 1.54) is 42.1 Å². The number of nitrogens with zero attached hydrogens (tertiary/aromatic N) is 4. The summed E-state index contributed by atoms with van der Waals surface area (Å²) in [4.78, 5) is 34.8. The van der Waals surface area contributed by atoms with Gasteiger partial charge in [-0.15, -0.1) is 10.2 Å². The number of non-ortho nitro benzene ring substituents is 1. The molecular weight excluding hydrogens is 503 g/mol. The number of hydrogen-bond donors (Lipinski definition) is 2. The zero-order valence-corrected chi connectivity index (χ0v) is 20.3. The summed E-state index contributed by atoms with van der Waals surface area (Å²) in [6.07, 6.45) is 0.448. The minimum absolute atomic E-state index is 0.0518. The highest BCUT2D eigenvalue weighted by Gasteiger charge is 2.15. The third-order valence-corrected chi connectivity index (χ3v) is 6.33. The Morgan fingerprint density at radius 2 is 1.85 bits per heavy atom. The van der Waals surface area contributed by atoms with Crippen LogP contribution in [0.25, 0.3) is 0 Å². The number of rotatable bonds is 10. The molecule has 0 saturated carbocycles. The number of hydrogen-bond acceptors (Lipinski definition) is 7. The smallest absolute Gasteiger partial charge is 0.269 e. The van der Waals surface area contributed by atoms with E-state index < -0.39 is 4.92 Å². The monoisotopic (exact) mass is 522 g/mol. The highest BCUT2D eigenvalue weighted by atomic mass is 35.5. The molecular formula is C21H20Cl2N6O4S. The lowest BCUT2D eigenvalue weighted by Gasteiger charge is -2.09. The maximum Gasteiger partial charge on any atom is 0.269 e. The summed E-state index contributed by atoms with van der Waals surface area (Å²) in [6, 6.07) is 10.2. The van der Waals surface area contributed by atoms with E-state index in [0.29, 0.717) is 51.8 Å². The Morgan fingerprint density at radius 1 is 1.12 bits per heavy atom. The van der Waals surface area contributed by atoms with Crippen molar-refractivity contribution < 1.29 is 14.5 Å². The van der Waals surface area contributed by atoms with Crippen LogP contribution in [0.4, 0.5) is 11.4 Å². The first-order valence-corrected chi connectivity index (χ1v) is 11.8. The largest absolute Gasteiger partial charge is 0.352 e. The molecule has 0 saturated heterocycles. The number of nitro groups is 1. The number of halogens is 2. The quantitative estimate of drug-likeness (QED) is 0.231. The first-order chi connectivity index (χ1) is 16.3. The molecule has 3 rings (SSSR count). The van der Waals surface area contributed by atoms with Gasteiger partial charge in [-0.1, -0.05) is 35.0 Å². The van der Waals surface area contributed by atoms with E-state index in [0.717, 1.165) is 0 Å². The second kappa shape index (κ2) is 11.8. The number of anilines is 1. The van der Waals surface area contributed by atoms with Crippen molar-refractivity contribution in [2.45, 2.75) is 25.0 Å². The van der Waals surface area contributed by atoms with Crippen molar-refractivity contribution in [2.24, 2.45) is 0 Å². The molecule has 178 valence electrons. The van der Waals surface area contributed by atoms with Gasteiger partial charge in [-0.25, -0.2) is 0 Å². The van der Waals surface area contributed by atoms with Crippen LogP contribution in [0.1, 0.15) is 23.1 Å². The molecule has 0 fully saturated rings. The van der Waals surface area contributed by atoms with Crippen LogP contribution < -0.4 is 10.6 Å². The number of amides is 2. The molecule has 10 nitrogen and oxygen atoms in total. The highest BCUT2D eigenvalue weighted by Crippen LogP contribution is 2.23. The molecule has 0 radical (unpaired) electrons. The van der Waals surface area contributed by atoms with Crippen LogP contribution in [0.3, 0.4) is 0 Å². The van der Waals surface area contributed by atoms with Gasteiger partial charge in [0.25, 0.3) is 11.6 Å². The lowest BCUT2D eigenvalue weighted by Crippen LogP contribution is -2.26. The van der Waals surface area contributed by atoms with E-state index >= 15 is 0 Å². The van der Waals surface area contributed by atoms with E-state index in [2.05, 4.69) is 20.8 Å². The summed E-state index contributed by atoms with van der Waals surface area (Å²) >= 11 is 13.1. The fraction of sp³-hybridized carbons (Fsp3) is 0.238. The van der Waals surface area contributed by atoms with Crippen molar-refractivity contribution in [1.29, 1.82) is 0 Å². The minimum atomic E-state index is -0.505. The second-order valence-corrected chi connectivity index (χ2v) is 8.68. The van der Waals surface area contributed by atoms with Crippen LogP contribution in [-0.2, 0) is 17.8 Å². The van der Waals surface area contributed by atoms with Crippen LogP contribution >= 0.6 is 35.0 Å². The molecule has 3 aromatic rings. The zero-order valence-electron chi connectivity index (χ0n) is 18.0. The lowest BCUT2D eigenvalue weighted by atomic mass is 10.2. The number of nitro benzene ring substituents is 1. The average Bonchev–Trinajstić information content (AvgIpc) is 3.21. The molecule has 2 N–H and O–H groups in total. The third-order valence-electron chi connectivity index (χ3n) is 4.62. The summed E-state index contributed by atoms with van der Waals surface area (Å²) < 4.78 is 1.87. The summed E-state index contributed by atoms with van der Waals surface area (Å²) in [5, 5.41) is 25.8. The molecule has 34 heavy (non-hydrogen) atoms. The van der Waals surface area contributed by atoms with Crippen molar-refractivity contribution >= 4 is 58.2 Å². The summed E-state index contributed by atoms with van der Waals surface area (Å²) in [5.41, 5.74) is 0.817. The fourth-order valence-corrected chi connectivity index (χ4v) is 4.07. The number of carbonyl (C=O) groups excluding carboxylic acids is 2. The van der Waals surface area contributed by atoms with Gasteiger partial charge in [-0.05, 0) is 37.3 Å². The van der Waals surface area contributed by atoms with Gasteiger partial charge in [-0.3, -0.25) is 19.7 Å². The van der Waals surface area contributed by atoms with Gasteiger partial charge >= 0.3 is 0 Å². The van der Waals surface area contributed by atoms with Crippen LogP contribution in [0.15, 0.2) is 47.6 Å². The average molecular weight is 523 g/mol. The molecule has 2 aromatic carbocycles. The van der Waals surface area contributed by atoms with Gasteiger partial charge in [0.1, 0.15) is 5.82 Å². The first kappa shape index (κ1) is 25.5. The van der Waals surface area contributed by atoms with Gasteiger partial charge in [0, 0.05) is 42.9 Å². The van der Waals surface area contributed by atoms with E-state index in [1.807, 2.05) is 11.5 Å². The van der Waals surface area contributed by atoms with Crippen molar-refractivity contribution in [3.8, 4) is 0 Å². The molecule has 0 aliphatic heterocycles. The predicted octanol–water partition coefficient (Wildman–Crippen LogP) is 4.22. The summed E-state index contributed by atoms with van der Waals surface area (Å²) in [6.45, 7) is 2.86. The molecule has 0 aliphatic rings. The Hall–Kier alpha value is -3.15. The number of thioether (sulfide) groups is 1. The van der Waals surface area contributed by atoms with Crippen molar-refractivity contribution in [2.75, 3.05) is 17.6 Å². The summed E-state index contributed by atoms with van der Waals surface area (Å²) in [7, 11) is 0. The van der Waals surface area contributed by atoms with Crippen LogP contribution in [0.2, 0.25) is 10.0 Å². The molecule has 0 aliphatic carbocycles. The topological polar surface area (TPSA) is 132 Å². The standard InChI is InChI=1S/C21H20Cl2N6O4S/c1-2-28-18(9-10-24-20(31)13-3-8-16(22)17(23)11-13)26-27-21(28)34-12-19(30)25-14-4-6-15(7-5-14)29(32)33/h3-8,11H,2,9-10,12H2,1H3,(H,24,31)(H,25,30). The molecule has 0 atom stereocenters. The van der Waals surface area contributed by atoms with E-state index in [4.69, 9.17) is 23.2 Å². The Labute approximate surface area is 209 Å². The number of aromatic nitrogens is 3. The molecule has 1 aromatic heterocycles. The Kier molecular flexibility index (Phi) is 8.85. The van der Waals surface area contributed by atoms with Crippen molar-refractivity contribution in [3.05, 3.63) is 74.0 Å². The van der Waals surface area contributed by atoms with E-state index in [-0.39, 0.29) is 23.3 Å². The van der Waals surface area contributed by atoms with Crippen LogP contribution in [0.5, 0.6) is 0 Å². The SMILES string of the molecule is CCn1c(CCNC(=O)c2ccc(Cl)c(Cl)c2)nnc1SCC(=O)Nc1ccc([N+](=O)[O-])cc1. The highest BCUT2D eigenvalue weighted by molar-refractivity contribution is 7.99. The lowest BCUT2D eigenvalue weighted by molar-refractivity contribution is -0.384. The van der Waals surface area contributed by atoms with Gasteiger partial charge < -0.3 is 15.2 Å². The molecule has 1 heterocycles. The predicted molar refractivity (Wildman–Crippen MR) is 131 cm³/mol.